The molecule has 158 valence electrons. The molecule has 1 amide bonds. The number of nitrogens with one attached hydrogen (secondary N) is 1. The number of amides is 1. The van der Waals surface area contributed by atoms with E-state index in [0.717, 1.165) is 30.6 Å². The van der Waals surface area contributed by atoms with Crippen LogP contribution in [0.15, 0.2) is 40.3 Å². The Kier molecular flexibility index (Phi) is 5.48. The third kappa shape index (κ3) is 3.55. The van der Waals surface area contributed by atoms with Crippen molar-refractivity contribution in [3.05, 3.63) is 51.4 Å². The lowest BCUT2D eigenvalue weighted by Crippen LogP contribution is -2.36. The van der Waals surface area contributed by atoms with Crippen molar-refractivity contribution in [3.63, 3.8) is 0 Å². The van der Waals surface area contributed by atoms with Crippen molar-refractivity contribution in [2.45, 2.75) is 31.1 Å². The molecule has 1 fully saturated rings. The van der Waals surface area contributed by atoms with Crippen molar-refractivity contribution in [2.24, 2.45) is 7.05 Å². The number of nitrogens with zero attached hydrogens (tertiary/aromatic N) is 3. The molecular formula is C20H22N4O4S2. The van der Waals surface area contributed by atoms with Crippen molar-refractivity contribution >= 4 is 43.2 Å². The van der Waals surface area contributed by atoms with E-state index in [-0.39, 0.29) is 16.1 Å². The van der Waals surface area contributed by atoms with Gasteiger partial charge in [-0.1, -0.05) is 18.6 Å². The molecule has 3 aromatic rings. The molecule has 0 spiro atoms. The highest BCUT2D eigenvalue weighted by Gasteiger charge is 2.29. The fourth-order valence-corrected chi connectivity index (χ4v) is 6.34. The first-order valence-electron chi connectivity index (χ1n) is 9.66. The SMILES string of the molecule is Cc1c(C(=O)Nc2ccccc2S(=O)(=O)N2CCCCC2)sc2ncn(C)c(=O)c12. The highest BCUT2D eigenvalue weighted by atomic mass is 32.2. The number of benzene rings is 1. The van der Waals surface area contributed by atoms with Gasteiger partial charge in [-0.15, -0.1) is 11.3 Å². The molecule has 2 aromatic heterocycles. The van der Waals surface area contributed by atoms with E-state index in [4.69, 9.17) is 0 Å². The summed E-state index contributed by atoms with van der Waals surface area (Å²) in [5.74, 6) is -0.459. The minimum Gasteiger partial charge on any atom is -0.320 e. The van der Waals surface area contributed by atoms with Crippen LogP contribution in [0.2, 0.25) is 0 Å². The second-order valence-corrected chi connectivity index (χ2v) is 10.2. The van der Waals surface area contributed by atoms with Crippen LogP contribution in [0, 0.1) is 6.92 Å². The Balaban J connectivity index is 1.70. The van der Waals surface area contributed by atoms with E-state index < -0.39 is 15.9 Å². The summed E-state index contributed by atoms with van der Waals surface area (Å²) >= 11 is 1.12. The molecule has 0 unspecified atom stereocenters. The van der Waals surface area contributed by atoms with Crippen LogP contribution in [-0.2, 0) is 17.1 Å². The summed E-state index contributed by atoms with van der Waals surface area (Å²) in [6.45, 7) is 2.66. The van der Waals surface area contributed by atoms with Gasteiger partial charge in [0.2, 0.25) is 10.0 Å². The summed E-state index contributed by atoms with van der Waals surface area (Å²) in [7, 11) is -2.11. The Morgan fingerprint density at radius 2 is 1.87 bits per heavy atom. The van der Waals surface area contributed by atoms with Gasteiger partial charge < -0.3 is 9.88 Å². The number of carbonyl (C=O) groups is 1. The number of rotatable bonds is 4. The fourth-order valence-electron chi connectivity index (χ4n) is 3.64. The molecule has 0 radical (unpaired) electrons. The zero-order chi connectivity index (χ0) is 21.5. The fraction of sp³-hybridized carbons (Fsp3) is 0.350. The first kappa shape index (κ1) is 20.7. The van der Waals surface area contributed by atoms with Crippen LogP contribution in [-0.4, -0.2) is 41.3 Å². The van der Waals surface area contributed by atoms with E-state index in [9.17, 15) is 18.0 Å². The average Bonchev–Trinajstić information content (AvgIpc) is 3.09. The maximum atomic E-state index is 13.1. The van der Waals surface area contributed by atoms with Gasteiger partial charge in [0.1, 0.15) is 9.73 Å². The normalized spacial score (nSPS) is 15.4. The van der Waals surface area contributed by atoms with Gasteiger partial charge >= 0.3 is 0 Å². The number of para-hydroxylation sites is 1. The first-order valence-corrected chi connectivity index (χ1v) is 11.9. The van der Waals surface area contributed by atoms with E-state index in [0.29, 0.717) is 33.7 Å². The summed E-state index contributed by atoms with van der Waals surface area (Å²) in [6.07, 6.45) is 4.10. The number of anilines is 1. The molecule has 0 atom stereocenters. The van der Waals surface area contributed by atoms with E-state index in [1.807, 2.05) is 0 Å². The van der Waals surface area contributed by atoms with Crippen LogP contribution in [0.1, 0.15) is 34.5 Å². The molecule has 1 aliphatic rings. The maximum Gasteiger partial charge on any atom is 0.266 e. The molecule has 4 rings (SSSR count). The van der Waals surface area contributed by atoms with Crippen molar-refractivity contribution in [1.29, 1.82) is 0 Å². The van der Waals surface area contributed by atoms with Gasteiger partial charge in [0, 0.05) is 20.1 Å². The quantitative estimate of drug-likeness (QED) is 0.664. The summed E-state index contributed by atoms with van der Waals surface area (Å²) in [4.78, 5) is 30.6. The zero-order valence-electron chi connectivity index (χ0n) is 16.7. The monoisotopic (exact) mass is 446 g/mol. The minimum atomic E-state index is -3.71. The van der Waals surface area contributed by atoms with Crippen LogP contribution in [0.5, 0.6) is 0 Å². The lowest BCUT2D eigenvalue weighted by molar-refractivity contribution is 0.103. The Labute approximate surface area is 178 Å². The second-order valence-electron chi connectivity index (χ2n) is 7.31. The van der Waals surface area contributed by atoms with Gasteiger partial charge in [-0.25, -0.2) is 13.4 Å². The first-order chi connectivity index (χ1) is 14.3. The number of aromatic nitrogens is 2. The average molecular weight is 447 g/mol. The molecule has 1 N–H and O–H groups in total. The van der Waals surface area contributed by atoms with Crippen LogP contribution < -0.4 is 10.9 Å². The number of sulfonamides is 1. The van der Waals surface area contributed by atoms with Gasteiger partial charge in [0.15, 0.2) is 0 Å². The predicted molar refractivity (Wildman–Crippen MR) is 117 cm³/mol. The largest absolute Gasteiger partial charge is 0.320 e. The Hall–Kier alpha value is -2.56. The van der Waals surface area contributed by atoms with E-state index >= 15 is 0 Å². The van der Waals surface area contributed by atoms with Gasteiger partial charge in [-0.05, 0) is 37.5 Å². The predicted octanol–water partition coefficient (Wildman–Crippen LogP) is 2.73. The van der Waals surface area contributed by atoms with E-state index in [1.165, 1.54) is 21.3 Å². The topological polar surface area (TPSA) is 101 Å². The molecule has 0 bridgehead atoms. The lowest BCUT2D eigenvalue weighted by Gasteiger charge is -2.26. The number of thiophene rings is 1. The molecule has 30 heavy (non-hydrogen) atoms. The number of hydrogen-bond donors (Lipinski definition) is 1. The lowest BCUT2D eigenvalue weighted by atomic mass is 10.2. The molecule has 8 nitrogen and oxygen atoms in total. The summed E-state index contributed by atoms with van der Waals surface area (Å²) in [6, 6.07) is 6.41. The van der Waals surface area contributed by atoms with Gasteiger partial charge in [0.05, 0.1) is 22.3 Å². The molecule has 0 saturated carbocycles. The molecule has 0 aliphatic carbocycles. The Morgan fingerprint density at radius 3 is 2.60 bits per heavy atom. The van der Waals surface area contributed by atoms with Crippen molar-refractivity contribution in [2.75, 3.05) is 18.4 Å². The number of fused-ring (bicyclic) bond motifs is 1. The number of carbonyl (C=O) groups excluding carboxylic acids is 1. The van der Waals surface area contributed by atoms with Crippen LogP contribution in [0.25, 0.3) is 10.2 Å². The van der Waals surface area contributed by atoms with Gasteiger partial charge in [0.25, 0.3) is 11.5 Å². The summed E-state index contributed by atoms with van der Waals surface area (Å²) < 4.78 is 29.1. The van der Waals surface area contributed by atoms with Crippen molar-refractivity contribution < 1.29 is 13.2 Å². The minimum absolute atomic E-state index is 0.0769. The standard InChI is InChI=1S/C20H22N4O4S2/c1-13-16-19(21-12-23(2)20(16)26)29-17(13)18(25)22-14-8-4-5-9-15(14)30(27,28)24-10-6-3-7-11-24/h4-5,8-9,12H,3,6-7,10-11H2,1-2H3,(H,22,25). The summed E-state index contributed by atoms with van der Waals surface area (Å²) in [5, 5.41) is 3.14. The molecule has 3 heterocycles. The number of aryl methyl sites for hydroxylation is 2. The second kappa shape index (κ2) is 7.93. The van der Waals surface area contributed by atoms with Crippen molar-refractivity contribution in [1.82, 2.24) is 13.9 Å². The van der Waals surface area contributed by atoms with Crippen LogP contribution in [0.4, 0.5) is 5.69 Å². The molecule has 1 aromatic carbocycles. The Morgan fingerprint density at radius 1 is 1.17 bits per heavy atom. The van der Waals surface area contributed by atoms with Crippen LogP contribution >= 0.6 is 11.3 Å². The maximum absolute atomic E-state index is 13.1. The van der Waals surface area contributed by atoms with E-state index in [1.54, 1.807) is 32.2 Å². The third-order valence-corrected chi connectivity index (χ3v) is 8.44. The molecular weight excluding hydrogens is 424 g/mol. The Bertz CT molecular complexity index is 1290. The zero-order valence-corrected chi connectivity index (χ0v) is 18.3. The molecule has 1 aliphatic heterocycles. The summed E-state index contributed by atoms with van der Waals surface area (Å²) in [5.41, 5.74) is 0.546. The van der Waals surface area contributed by atoms with Gasteiger partial charge in [-0.3, -0.25) is 9.59 Å². The van der Waals surface area contributed by atoms with Crippen molar-refractivity contribution in [3.8, 4) is 0 Å². The van der Waals surface area contributed by atoms with Gasteiger partial charge in [-0.2, -0.15) is 4.31 Å². The molecule has 1 saturated heterocycles. The highest BCUT2D eigenvalue weighted by molar-refractivity contribution is 7.89. The van der Waals surface area contributed by atoms with Crippen LogP contribution in [0.3, 0.4) is 0 Å². The highest BCUT2D eigenvalue weighted by Crippen LogP contribution is 2.30. The number of piperidine rings is 1. The molecule has 10 heteroatoms. The number of hydrogen-bond acceptors (Lipinski definition) is 6. The third-order valence-electron chi connectivity index (χ3n) is 5.28. The smallest absolute Gasteiger partial charge is 0.266 e. The van der Waals surface area contributed by atoms with E-state index in [2.05, 4.69) is 10.3 Å².